The summed E-state index contributed by atoms with van der Waals surface area (Å²) in [7, 11) is 1.55. The van der Waals surface area contributed by atoms with E-state index in [1.807, 2.05) is 11.4 Å². The lowest BCUT2D eigenvalue weighted by atomic mass is 10.0. The van der Waals surface area contributed by atoms with Crippen LogP contribution in [0.1, 0.15) is 23.4 Å². The summed E-state index contributed by atoms with van der Waals surface area (Å²) < 4.78 is 24.7. The van der Waals surface area contributed by atoms with Gasteiger partial charge in [0.15, 0.2) is 11.6 Å². The highest BCUT2D eigenvalue weighted by molar-refractivity contribution is 7.10. The van der Waals surface area contributed by atoms with Crippen LogP contribution in [0.5, 0.6) is 5.75 Å². The molecule has 0 bridgehead atoms. The molecule has 0 fully saturated rings. The van der Waals surface area contributed by atoms with E-state index in [2.05, 4.69) is 0 Å². The number of amides is 2. The van der Waals surface area contributed by atoms with Gasteiger partial charge in [0.25, 0.3) is 0 Å². The van der Waals surface area contributed by atoms with Crippen molar-refractivity contribution in [1.82, 2.24) is 9.80 Å². The Morgan fingerprint density at radius 2 is 2.10 bits per heavy atom. The molecule has 0 radical (unpaired) electrons. The summed E-state index contributed by atoms with van der Waals surface area (Å²) in [4.78, 5) is 29.4. The number of carbonyl (C=O) groups is 2. The summed E-state index contributed by atoms with van der Waals surface area (Å²) in [5.41, 5.74) is 1.03. The van der Waals surface area contributed by atoms with Gasteiger partial charge in [-0.05, 0) is 35.6 Å². The van der Waals surface area contributed by atoms with Gasteiger partial charge in [0.2, 0.25) is 11.8 Å². The quantitative estimate of drug-likeness (QED) is 0.659. The van der Waals surface area contributed by atoms with Gasteiger partial charge in [-0.25, -0.2) is 4.39 Å². The molecule has 0 saturated carbocycles. The van der Waals surface area contributed by atoms with Crippen LogP contribution in [0.15, 0.2) is 35.7 Å². The highest BCUT2D eigenvalue weighted by Crippen LogP contribution is 2.34. The number of thiophene rings is 1. The van der Waals surface area contributed by atoms with Crippen molar-refractivity contribution in [3.63, 3.8) is 0 Å². The fourth-order valence-corrected chi connectivity index (χ4v) is 4.34. The highest BCUT2D eigenvalue weighted by Gasteiger charge is 2.33. The number of para-hydroxylation sites is 1. The molecule has 0 unspecified atom stereocenters. The number of benzene rings is 1. The van der Waals surface area contributed by atoms with Gasteiger partial charge in [0.1, 0.15) is 6.61 Å². The number of hydrogen-bond donors (Lipinski definition) is 0. The summed E-state index contributed by atoms with van der Waals surface area (Å²) in [5, 5.41) is 2.00. The van der Waals surface area contributed by atoms with Crippen molar-refractivity contribution in [2.45, 2.75) is 19.4 Å². The van der Waals surface area contributed by atoms with E-state index >= 15 is 0 Å². The second-order valence-corrected chi connectivity index (χ2v) is 7.83. The molecular weight excluding hydrogens is 395 g/mol. The van der Waals surface area contributed by atoms with Crippen LogP contribution in [-0.4, -0.2) is 61.6 Å². The largest absolute Gasteiger partial charge is 0.488 e. The Labute approximate surface area is 173 Å². The van der Waals surface area contributed by atoms with Crippen LogP contribution in [0.25, 0.3) is 0 Å². The van der Waals surface area contributed by atoms with Crippen molar-refractivity contribution in [2.75, 3.05) is 40.0 Å². The number of hydrogen-bond acceptors (Lipinski definition) is 5. The van der Waals surface area contributed by atoms with Crippen LogP contribution >= 0.6 is 11.3 Å². The zero-order chi connectivity index (χ0) is 20.8. The molecule has 29 heavy (non-hydrogen) atoms. The standard InChI is InChI=1S/C21H25FN2O4S/c1-15(25)23(10-11-27-2)13-21(26)24-9-7-20-16(8-12-29-20)18(24)14-28-19-6-4-3-5-17(19)22/h3-6,8,12,18H,7,9-11,13-14H2,1-2H3/t18-/m0/s1. The van der Waals surface area contributed by atoms with E-state index in [4.69, 9.17) is 9.47 Å². The maximum atomic E-state index is 14.0. The second kappa shape index (κ2) is 9.84. The minimum atomic E-state index is -0.436. The number of nitrogens with zero attached hydrogens (tertiary/aromatic N) is 2. The van der Waals surface area contributed by atoms with Crippen molar-refractivity contribution in [1.29, 1.82) is 0 Å². The molecule has 0 saturated heterocycles. The first-order valence-electron chi connectivity index (χ1n) is 9.48. The Bertz CT molecular complexity index is 857. The number of fused-ring (bicyclic) bond motifs is 1. The lowest BCUT2D eigenvalue weighted by Crippen LogP contribution is -2.48. The molecule has 0 aliphatic carbocycles. The van der Waals surface area contributed by atoms with Gasteiger partial charge < -0.3 is 19.3 Å². The fraction of sp³-hybridized carbons (Fsp3) is 0.429. The van der Waals surface area contributed by atoms with Gasteiger partial charge >= 0.3 is 0 Å². The third-order valence-electron chi connectivity index (χ3n) is 4.99. The van der Waals surface area contributed by atoms with E-state index in [0.29, 0.717) is 19.7 Å². The van der Waals surface area contributed by atoms with E-state index in [-0.39, 0.29) is 36.8 Å². The number of halogens is 1. The maximum Gasteiger partial charge on any atom is 0.242 e. The van der Waals surface area contributed by atoms with Gasteiger partial charge in [-0.15, -0.1) is 11.3 Å². The summed E-state index contributed by atoms with van der Waals surface area (Å²) in [6, 6.07) is 7.89. The first-order chi connectivity index (χ1) is 14.0. The van der Waals surface area contributed by atoms with Crippen molar-refractivity contribution in [3.05, 3.63) is 52.0 Å². The van der Waals surface area contributed by atoms with Gasteiger partial charge in [-0.1, -0.05) is 12.1 Å². The van der Waals surface area contributed by atoms with Gasteiger partial charge in [0.05, 0.1) is 19.2 Å². The fourth-order valence-electron chi connectivity index (χ4n) is 3.41. The van der Waals surface area contributed by atoms with Gasteiger partial charge in [-0.2, -0.15) is 0 Å². The van der Waals surface area contributed by atoms with Crippen LogP contribution in [-0.2, 0) is 20.7 Å². The topological polar surface area (TPSA) is 59.1 Å². The van der Waals surface area contributed by atoms with Crippen molar-refractivity contribution < 1.29 is 23.5 Å². The third-order valence-corrected chi connectivity index (χ3v) is 5.98. The number of carbonyl (C=O) groups excluding carboxylic acids is 2. The molecular formula is C21H25FN2O4S. The Balaban J connectivity index is 1.76. The van der Waals surface area contributed by atoms with Crippen molar-refractivity contribution >= 4 is 23.2 Å². The molecule has 1 aromatic heterocycles. The molecule has 0 N–H and O–H groups in total. The Kier molecular flexibility index (Phi) is 7.22. The molecule has 8 heteroatoms. The average molecular weight is 421 g/mol. The predicted octanol–water partition coefficient (Wildman–Crippen LogP) is 2.89. The Hall–Kier alpha value is -2.45. The average Bonchev–Trinajstić information content (AvgIpc) is 3.19. The zero-order valence-corrected chi connectivity index (χ0v) is 17.4. The number of methoxy groups -OCH3 is 1. The van der Waals surface area contributed by atoms with Crippen LogP contribution in [0.2, 0.25) is 0 Å². The van der Waals surface area contributed by atoms with Gasteiger partial charge in [0, 0.05) is 32.0 Å². The third kappa shape index (κ3) is 5.13. The number of rotatable bonds is 8. The molecule has 1 aromatic carbocycles. The summed E-state index contributed by atoms with van der Waals surface area (Å²) in [6.07, 6.45) is 0.757. The van der Waals surface area contributed by atoms with E-state index in [1.165, 1.54) is 22.8 Å². The first kappa shape index (κ1) is 21.3. The van der Waals surface area contributed by atoms with Crippen molar-refractivity contribution in [3.8, 4) is 5.75 Å². The van der Waals surface area contributed by atoms with Crippen LogP contribution < -0.4 is 4.74 Å². The van der Waals surface area contributed by atoms with Crippen LogP contribution in [0.4, 0.5) is 4.39 Å². The van der Waals surface area contributed by atoms with E-state index in [9.17, 15) is 14.0 Å². The predicted molar refractivity (Wildman–Crippen MR) is 109 cm³/mol. The molecule has 1 atom stereocenters. The molecule has 156 valence electrons. The summed E-state index contributed by atoms with van der Waals surface area (Å²) in [5.74, 6) is -0.611. The normalized spacial score (nSPS) is 15.7. The molecule has 1 aliphatic rings. The zero-order valence-electron chi connectivity index (χ0n) is 16.6. The molecule has 2 amide bonds. The minimum absolute atomic E-state index is 0.0195. The highest BCUT2D eigenvalue weighted by atomic mass is 32.1. The van der Waals surface area contributed by atoms with E-state index < -0.39 is 5.82 Å². The van der Waals surface area contributed by atoms with E-state index in [1.54, 1.807) is 41.5 Å². The lowest BCUT2D eigenvalue weighted by Gasteiger charge is -2.37. The number of ether oxygens (including phenoxy) is 2. The Morgan fingerprint density at radius 1 is 1.31 bits per heavy atom. The lowest BCUT2D eigenvalue weighted by molar-refractivity contribution is -0.142. The van der Waals surface area contributed by atoms with Crippen LogP contribution in [0.3, 0.4) is 0 Å². The molecule has 1 aliphatic heterocycles. The van der Waals surface area contributed by atoms with E-state index in [0.717, 1.165) is 12.0 Å². The molecule has 2 aromatic rings. The summed E-state index contributed by atoms with van der Waals surface area (Å²) in [6.45, 7) is 2.82. The molecule has 0 spiro atoms. The monoisotopic (exact) mass is 420 g/mol. The minimum Gasteiger partial charge on any atom is -0.488 e. The maximum absolute atomic E-state index is 14.0. The van der Waals surface area contributed by atoms with Gasteiger partial charge in [-0.3, -0.25) is 9.59 Å². The smallest absolute Gasteiger partial charge is 0.242 e. The molecule has 2 heterocycles. The Morgan fingerprint density at radius 3 is 2.83 bits per heavy atom. The summed E-state index contributed by atoms with van der Waals surface area (Å²) >= 11 is 1.65. The molecule has 3 rings (SSSR count). The van der Waals surface area contributed by atoms with Crippen molar-refractivity contribution in [2.24, 2.45) is 0 Å². The van der Waals surface area contributed by atoms with Crippen LogP contribution in [0, 0.1) is 5.82 Å². The first-order valence-corrected chi connectivity index (χ1v) is 10.4. The SMILES string of the molecule is COCCN(CC(=O)N1CCc2sccc2[C@@H]1COc1ccccc1F)C(C)=O. The second-order valence-electron chi connectivity index (χ2n) is 6.83. The molecule has 6 nitrogen and oxygen atoms in total.